The van der Waals surface area contributed by atoms with Crippen molar-refractivity contribution < 1.29 is 14.3 Å². The molecule has 0 aliphatic carbocycles. The summed E-state index contributed by atoms with van der Waals surface area (Å²) in [6, 6.07) is 6.01. The van der Waals surface area contributed by atoms with E-state index in [0.29, 0.717) is 5.56 Å². The molecule has 3 N–H and O–H groups in total. The van der Waals surface area contributed by atoms with Crippen molar-refractivity contribution in [3.63, 3.8) is 0 Å². The van der Waals surface area contributed by atoms with Gasteiger partial charge in [-0.05, 0) is 30.7 Å². The second kappa shape index (κ2) is 5.34. The van der Waals surface area contributed by atoms with E-state index in [9.17, 15) is 4.39 Å². The maximum Gasteiger partial charge on any atom is 0.173 e. The lowest BCUT2D eigenvalue weighted by Crippen LogP contribution is -2.14. The van der Waals surface area contributed by atoms with Gasteiger partial charge in [-0.15, -0.1) is 0 Å². The van der Waals surface area contributed by atoms with Crippen LogP contribution in [0.2, 0.25) is 0 Å². The van der Waals surface area contributed by atoms with Crippen LogP contribution in [0, 0.1) is 12.7 Å². The van der Waals surface area contributed by atoms with Gasteiger partial charge < -0.3 is 15.7 Å². The summed E-state index contributed by atoms with van der Waals surface area (Å²) >= 11 is 0. The highest BCUT2D eigenvalue weighted by atomic mass is 19.1. The Labute approximate surface area is 109 Å². The maximum absolute atomic E-state index is 13.6. The van der Waals surface area contributed by atoms with Crippen LogP contribution in [0.1, 0.15) is 11.1 Å². The molecule has 0 saturated heterocycles. The fraction of sp³-hybridized carbons (Fsp3) is 0.0769. The number of hydrogen-bond acceptors (Lipinski definition) is 4. The van der Waals surface area contributed by atoms with Gasteiger partial charge in [-0.2, -0.15) is 0 Å². The third-order valence-electron chi connectivity index (χ3n) is 2.47. The van der Waals surface area contributed by atoms with Crippen molar-refractivity contribution >= 4 is 5.84 Å². The van der Waals surface area contributed by atoms with Crippen LogP contribution < -0.4 is 10.5 Å². The molecule has 1 aromatic heterocycles. The Balaban J connectivity index is 2.41. The van der Waals surface area contributed by atoms with Crippen molar-refractivity contribution in [2.75, 3.05) is 0 Å². The molecule has 0 radical (unpaired) electrons. The van der Waals surface area contributed by atoms with E-state index in [2.05, 4.69) is 10.1 Å². The third-order valence-corrected chi connectivity index (χ3v) is 2.47. The second-order valence-corrected chi connectivity index (χ2v) is 3.89. The molecular formula is C13H12FN3O2. The van der Waals surface area contributed by atoms with Gasteiger partial charge in [-0.3, -0.25) is 4.98 Å². The van der Waals surface area contributed by atoms with Gasteiger partial charge in [0.25, 0.3) is 0 Å². The molecule has 0 unspecified atom stereocenters. The number of ether oxygens (including phenoxy) is 1. The fourth-order valence-corrected chi connectivity index (χ4v) is 1.53. The number of hydrogen-bond donors (Lipinski definition) is 2. The first-order valence-electron chi connectivity index (χ1n) is 5.47. The molecule has 0 fully saturated rings. The molecule has 0 saturated carbocycles. The minimum Gasteiger partial charge on any atom is -0.452 e. The van der Waals surface area contributed by atoms with E-state index in [1.807, 2.05) is 6.92 Å². The third kappa shape index (κ3) is 2.79. The van der Waals surface area contributed by atoms with E-state index in [-0.39, 0.29) is 17.3 Å². The normalized spacial score (nSPS) is 11.4. The Morgan fingerprint density at radius 3 is 2.89 bits per heavy atom. The summed E-state index contributed by atoms with van der Waals surface area (Å²) in [7, 11) is 0. The highest BCUT2D eigenvalue weighted by Gasteiger charge is 2.11. The largest absolute Gasteiger partial charge is 0.452 e. The van der Waals surface area contributed by atoms with Gasteiger partial charge in [-0.25, -0.2) is 4.39 Å². The Morgan fingerprint density at radius 1 is 1.37 bits per heavy atom. The summed E-state index contributed by atoms with van der Waals surface area (Å²) in [5.74, 6) is -0.368. The Bertz CT molecular complexity index is 629. The summed E-state index contributed by atoms with van der Waals surface area (Å²) in [5, 5.41) is 11.6. The molecular weight excluding hydrogens is 249 g/mol. The van der Waals surface area contributed by atoms with Crippen LogP contribution in [-0.2, 0) is 0 Å². The number of nitrogens with two attached hydrogens (primary N) is 1. The lowest BCUT2D eigenvalue weighted by Gasteiger charge is -2.10. The smallest absolute Gasteiger partial charge is 0.173 e. The summed E-state index contributed by atoms with van der Waals surface area (Å²) in [4.78, 5) is 3.87. The van der Waals surface area contributed by atoms with Crippen molar-refractivity contribution in [2.45, 2.75) is 6.92 Å². The molecule has 1 heterocycles. The Morgan fingerprint density at radius 2 is 2.16 bits per heavy atom. The molecule has 0 bridgehead atoms. The predicted molar refractivity (Wildman–Crippen MR) is 68.0 cm³/mol. The van der Waals surface area contributed by atoms with Gasteiger partial charge in [0.15, 0.2) is 23.2 Å². The highest BCUT2D eigenvalue weighted by Crippen LogP contribution is 2.27. The van der Waals surface area contributed by atoms with E-state index in [0.717, 1.165) is 5.56 Å². The van der Waals surface area contributed by atoms with Crippen LogP contribution in [0.25, 0.3) is 0 Å². The molecule has 0 spiro atoms. The molecule has 6 heteroatoms. The van der Waals surface area contributed by atoms with Gasteiger partial charge in [0.2, 0.25) is 0 Å². The number of rotatable bonds is 3. The molecule has 98 valence electrons. The summed E-state index contributed by atoms with van der Waals surface area (Å²) in [6.07, 6.45) is 2.84. The number of benzene rings is 1. The van der Waals surface area contributed by atoms with Gasteiger partial charge in [-0.1, -0.05) is 11.2 Å². The fourth-order valence-electron chi connectivity index (χ4n) is 1.53. The van der Waals surface area contributed by atoms with Crippen LogP contribution in [0.4, 0.5) is 4.39 Å². The van der Waals surface area contributed by atoms with Crippen LogP contribution in [0.15, 0.2) is 41.8 Å². The molecule has 0 amide bonds. The highest BCUT2D eigenvalue weighted by molar-refractivity contribution is 5.99. The quantitative estimate of drug-likeness (QED) is 0.385. The second-order valence-electron chi connectivity index (χ2n) is 3.89. The first-order valence-corrected chi connectivity index (χ1v) is 5.47. The molecule has 19 heavy (non-hydrogen) atoms. The molecule has 0 aliphatic rings. The van der Waals surface area contributed by atoms with Crippen LogP contribution in [0.3, 0.4) is 0 Å². The lowest BCUT2D eigenvalue weighted by molar-refractivity contribution is 0.318. The molecule has 0 atom stereocenters. The average Bonchev–Trinajstić information content (AvgIpc) is 2.42. The van der Waals surface area contributed by atoms with E-state index >= 15 is 0 Å². The predicted octanol–water partition coefficient (Wildman–Crippen LogP) is 2.42. The van der Waals surface area contributed by atoms with Crippen LogP contribution in [0.5, 0.6) is 11.5 Å². The number of pyridine rings is 1. The Kier molecular flexibility index (Phi) is 3.61. The number of aryl methyl sites for hydroxylation is 1. The minimum atomic E-state index is -0.500. The van der Waals surface area contributed by atoms with Crippen molar-refractivity contribution in [2.24, 2.45) is 10.9 Å². The summed E-state index contributed by atoms with van der Waals surface area (Å²) in [6.45, 7) is 1.82. The summed E-state index contributed by atoms with van der Waals surface area (Å²) in [5.41, 5.74) is 6.70. The number of amidine groups is 1. The standard InChI is InChI=1S/C13H12FN3O2/c1-8-2-3-10(14)11(6-8)19-12-7-16-5-4-9(12)13(15)17-18/h2-7,18H,1H3,(H2,15,17). The van der Waals surface area contributed by atoms with Crippen LogP contribution >= 0.6 is 0 Å². The molecule has 2 rings (SSSR count). The zero-order chi connectivity index (χ0) is 13.8. The number of nitrogens with zero attached hydrogens (tertiary/aromatic N) is 2. The number of oxime groups is 1. The van der Waals surface area contributed by atoms with Crippen molar-refractivity contribution in [1.82, 2.24) is 4.98 Å². The summed E-state index contributed by atoms with van der Waals surface area (Å²) < 4.78 is 19.0. The number of halogens is 1. The topological polar surface area (TPSA) is 80.7 Å². The SMILES string of the molecule is Cc1ccc(F)c(Oc2cnccc2/C(N)=N/O)c1. The van der Waals surface area contributed by atoms with Gasteiger partial charge in [0.05, 0.1) is 11.8 Å². The van der Waals surface area contributed by atoms with Gasteiger partial charge in [0.1, 0.15) is 0 Å². The van der Waals surface area contributed by atoms with E-state index in [1.54, 1.807) is 12.1 Å². The average molecular weight is 261 g/mol. The van der Waals surface area contributed by atoms with Gasteiger partial charge >= 0.3 is 0 Å². The zero-order valence-electron chi connectivity index (χ0n) is 10.2. The molecule has 0 aliphatic heterocycles. The molecule has 2 aromatic rings. The Hall–Kier alpha value is -2.63. The zero-order valence-corrected chi connectivity index (χ0v) is 10.2. The first kappa shape index (κ1) is 12.8. The van der Waals surface area contributed by atoms with Gasteiger partial charge in [0, 0.05) is 6.20 Å². The molecule has 5 nitrogen and oxygen atoms in total. The lowest BCUT2D eigenvalue weighted by atomic mass is 10.2. The maximum atomic E-state index is 13.6. The van der Waals surface area contributed by atoms with Crippen molar-refractivity contribution in [3.05, 3.63) is 53.6 Å². The van der Waals surface area contributed by atoms with Crippen LogP contribution in [-0.4, -0.2) is 16.0 Å². The van der Waals surface area contributed by atoms with E-state index in [1.165, 1.54) is 24.5 Å². The minimum absolute atomic E-state index is 0.0555. The first-order chi connectivity index (χ1) is 9.11. The van der Waals surface area contributed by atoms with E-state index < -0.39 is 5.82 Å². The number of aromatic nitrogens is 1. The van der Waals surface area contributed by atoms with Crippen molar-refractivity contribution in [1.29, 1.82) is 0 Å². The monoisotopic (exact) mass is 261 g/mol. The van der Waals surface area contributed by atoms with E-state index in [4.69, 9.17) is 15.7 Å². The molecule has 1 aromatic carbocycles. The van der Waals surface area contributed by atoms with Crippen molar-refractivity contribution in [3.8, 4) is 11.5 Å².